The van der Waals surface area contributed by atoms with Gasteiger partial charge in [-0.1, -0.05) is 24.3 Å². The molecule has 6 nitrogen and oxygen atoms in total. The van der Waals surface area contributed by atoms with E-state index >= 15 is 0 Å². The summed E-state index contributed by atoms with van der Waals surface area (Å²) in [5, 5.41) is 11.8. The van der Waals surface area contributed by atoms with Crippen LogP contribution in [0.5, 0.6) is 0 Å². The first-order valence-corrected chi connectivity index (χ1v) is 9.64. The van der Waals surface area contributed by atoms with Crippen molar-refractivity contribution in [2.24, 2.45) is 0 Å². The summed E-state index contributed by atoms with van der Waals surface area (Å²) in [5.74, 6) is -0.774. The Hall–Kier alpha value is -2.92. The SMILES string of the molecule is CS(=O)(=O)N(CCNC(=O)Cc1cccc(F)c1)c1ccccc1C#N. The van der Waals surface area contributed by atoms with E-state index in [0.29, 0.717) is 5.56 Å². The zero-order valence-corrected chi connectivity index (χ0v) is 15.0. The molecule has 0 heterocycles. The minimum absolute atomic E-state index is 0.00851. The molecule has 26 heavy (non-hydrogen) atoms. The van der Waals surface area contributed by atoms with E-state index < -0.39 is 15.8 Å². The van der Waals surface area contributed by atoms with E-state index in [2.05, 4.69) is 5.32 Å². The number of hydrogen-bond acceptors (Lipinski definition) is 4. The third-order valence-electron chi connectivity index (χ3n) is 3.58. The maximum Gasteiger partial charge on any atom is 0.232 e. The molecule has 2 aromatic carbocycles. The van der Waals surface area contributed by atoms with Gasteiger partial charge in [-0.25, -0.2) is 12.8 Å². The fraction of sp³-hybridized carbons (Fsp3) is 0.222. The molecule has 0 unspecified atom stereocenters. The molecule has 1 amide bonds. The number of nitriles is 1. The Morgan fingerprint density at radius 2 is 1.96 bits per heavy atom. The van der Waals surface area contributed by atoms with Gasteiger partial charge in [0.1, 0.15) is 11.9 Å². The van der Waals surface area contributed by atoms with Gasteiger partial charge < -0.3 is 5.32 Å². The number of rotatable bonds is 7. The maximum atomic E-state index is 13.1. The number of nitrogens with zero attached hydrogens (tertiary/aromatic N) is 2. The molecule has 0 aliphatic carbocycles. The third-order valence-corrected chi connectivity index (χ3v) is 4.76. The van der Waals surface area contributed by atoms with Gasteiger partial charge in [-0.15, -0.1) is 0 Å². The second-order valence-corrected chi connectivity index (χ2v) is 7.53. The molecule has 0 aliphatic heterocycles. The van der Waals surface area contributed by atoms with Crippen molar-refractivity contribution in [2.75, 3.05) is 23.7 Å². The number of sulfonamides is 1. The van der Waals surface area contributed by atoms with Crippen LogP contribution in [0.4, 0.5) is 10.1 Å². The van der Waals surface area contributed by atoms with Crippen molar-refractivity contribution >= 4 is 21.6 Å². The Labute approximate surface area is 151 Å². The Balaban J connectivity index is 2.02. The largest absolute Gasteiger partial charge is 0.354 e. The lowest BCUT2D eigenvalue weighted by molar-refractivity contribution is -0.120. The highest BCUT2D eigenvalue weighted by atomic mass is 32.2. The van der Waals surface area contributed by atoms with Crippen LogP contribution in [0.25, 0.3) is 0 Å². The number of nitrogens with one attached hydrogen (secondary N) is 1. The average Bonchev–Trinajstić information content (AvgIpc) is 2.57. The van der Waals surface area contributed by atoms with Gasteiger partial charge in [0.15, 0.2) is 0 Å². The van der Waals surface area contributed by atoms with Crippen LogP contribution in [0.3, 0.4) is 0 Å². The molecule has 0 atom stereocenters. The second kappa shape index (κ2) is 8.45. The molecular weight excluding hydrogens is 357 g/mol. The van der Waals surface area contributed by atoms with Crippen molar-refractivity contribution in [3.63, 3.8) is 0 Å². The van der Waals surface area contributed by atoms with Gasteiger partial charge in [-0.2, -0.15) is 5.26 Å². The maximum absolute atomic E-state index is 13.1. The molecule has 8 heteroatoms. The third kappa shape index (κ3) is 5.29. The normalized spacial score (nSPS) is 10.8. The van der Waals surface area contributed by atoms with Crippen LogP contribution < -0.4 is 9.62 Å². The van der Waals surface area contributed by atoms with Gasteiger partial charge >= 0.3 is 0 Å². The number of para-hydroxylation sites is 1. The van der Waals surface area contributed by atoms with Crippen molar-refractivity contribution in [1.29, 1.82) is 5.26 Å². The molecule has 0 saturated carbocycles. The smallest absolute Gasteiger partial charge is 0.232 e. The van der Waals surface area contributed by atoms with Crippen molar-refractivity contribution < 1.29 is 17.6 Å². The topological polar surface area (TPSA) is 90.3 Å². The molecule has 0 saturated heterocycles. The van der Waals surface area contributed by atoms with E-state index in [1.807, 2.05) is 6.07 Å². The summed E-state index contributed by atoms with van der Waals surface area (Å²) in [7, 11) is -3.63. The Kier molecular flexibility index (Phi) is 6.31. The lowest BCUT2D eigenvalue weighted by Crippen LogP contribution is -2.39. The molecule has 0 bridgehead atoms. The number of carbonyl (C=O) groups excluding carboxylic acids is 1. The van der Waals surface area contributed by atoms with E-state index in [9.17, 15) is 17.6 Å². The molecule has 2 aromatic rings. The summed E-state index contributed by atoms with van der Waals surface area (Å²) < 4.78 is 38.3. The van der Waals surface area contributed by atoms with E-state index in [0.717, 1.165) is 10.6 Å². The van der Waals surface area contributed by atoms with Gasteiger partial charge in [0.2, 0.25) is 15.9 Å². The quantitative estimate of drug-likeness (QED) is 0.799. The van der Waals surface area contributed by atoms with Crippen LogP contribution in [0, 0.1) is 17.1 Å². The molecular formula is C18H18FN3O3S. The molecule has 1 N–H and O–H groups in total. The van der Waals surface area contributed by atoms with Gasteiger partial charge in [-0.3, -0.25) is 9.10 Å². The zero-order chi connectivity index (χ0) is 19.2. The number of amides is 1. The Morgan fingerprint density at radius 3 is 2.62 bits per heavy atom. The molecule has 2 rings (SSSR count). The van der Waals surface area contributed by atoms with E-state index in [1.54, 1.807) is 18.2 Å². The number of halogens is 1. The van der Waals surface area contributed by atoms with Gasteiger partial charge in [0, 0.05) is 6.54 Å². The average molecular weight is 375 g/mol. The summed E-state index contributed by atoms with van der Waals surface area (Å²) in [6, 6.07) is 14.0. The van der Waals surface area contributed by atoms with Crippen LogP contribution in [0.2, 0.25) is 0 Å². The Bertz CT molecular complexity index is 939. The van der Waals surface area contributed by atoms with Crippen LogP contribution >= 0.6 is 0 Å². The van der Waals surface area contributed by atoms with Crippen molar-refractivity contribution in [3.8, 4) is 6.07 Å². The minimum atomic E-state index is -3.63. The predicted molar refractivity (Wildman–Crippen MR) is 96.5 cm³/mol. The summed E-state index contributed by atoms with van der Waals surface area (Å²) in [5.41, 5.74) is 1.01. The first-order valence-electron chi connectivity index (χ1n) is 7.79. The molecule has 0 aliphatic rings. The molecule has 136 valence electrons. The minimum Gasteiger partial charge on any atom is -0.354 e. The van der Waals surface area contributed by atoms with E-state index in [1.165, 1.54) is 30.3 Å². The molecule has 0 spiro atoms. The van der Waals surface area contributed by atoms with Crippen molar-refractivity contribution in [2.45, 2.75) is 6.42 Å². The summed E-state index contributed by atoms with van der Waals surface area (Å²) in [6.45, 7) is 0.0351. The molecule has 0 radical (unpaired) electrons. The number of benzene rings is 2. The van der Waals surface area contributed by atoms with Crippen LogP contribution in [0.1, 0.15) is 11.1 Å². The number of anilines is 1. The zero-order valence-electron chi connectivity index (χ0n) is 14.1. The standard InChI is InChI=1S/C18H18FN3O3S/c1-26(24,25)22(17-8-3-2-6-15(17)13-20)10-9-21-18(23)12-14-5-4-7-16(19)11-14/h2-8,11H,9-10,12H2,1H3,(H,21,23). The molecule has 0 aromatic heterocycles. The monoisotopic (exact) mass is 375 g/mol. The summed E-state index contributed by atoms with van der Waals surface area (Å²) in [6.07, 6.45) is 1.03. The highest BCUT2D eigenvalue weighted by Gasteiger charge is 2.20. The van der Waals surface area contributed by atoms with Crippen molar-refractivity contribution in [3.05, 3.63) is 65.5 Å². The van der Waals surface area contributed by atoms with Gasteiger partial charge in [0.05, 0.1) is 30.5 Å². The second-order valence-electron chi connectivity index (χ2n) is 5.62. The summed E-state index contributed by atoms with van der Waals surface area (Å²) in [4.78, 5) is 12.0. The van der Waals surface area contributed by atoms with Crippen molar-refractivity contribution in [1.82, 2.24) is 5.32 Å². The highest BCUT2D eigenvalue weighted by molar-refractivity contribution is 7.92. The number of carbonyl (C=O) groups is 1. The van der Waals surface area contributed by atoms with Crippen LogP contribution in [-0.4, -0.2) is 33.7 Å². The first-order chi connectivity index (χ1) is 12.3. The fourth-order valence-electron chi connectivity index (χ4n) is 2.44. The number of hydrogen-bond donors (Lipinski definition) is 1. The van der Waals surface area contributed by atoms with Crippen LogP contribution in [0.15, 0.2) is 48.5 Å². The van der Waals surface area contributed by atoms with E-state index in [4.69, 9.17) is 5.26 Å². The van der Waals surface area contributed by atoms with Gasteiger partial charge in [0.25, 0.3) is 0 Å². The van der Waals surface area contributed by atoms with E-state index in [-0.39, 0.29) is 36.7 Å². The predicted octanol–water partition coefficient (Wildman–Crippen LogP) is 1.82. The van der Waals surface area contributed by atoms with Crippen LogP contribution in [-0.2, 0) is 21.2 Å². The fourth-order valence-corrected chi connectivity index (χ4v) is 3.38. The lowest BCUT2D eigenvalue weighted by atomic mass is 10.1. The first kappa shape index (κ1) is 19.4. The molecule has 0 fully saturated rings. The summed E-state index contributed by atoms with van der Waals surface area (Å²) >= 11 is 0. The lowest BCUT2D eigenvalue weighted by Gasteiger charge is -2.23. The highest BCUT2D eigenvalue weighted by Crippen LogP contribution is 2.21. The Morgan fingerprint density at radius 1 is 1.23 bits per heavy atom. The van der Waals surface area contributed by atoms with Gasteiger partial charge in [-0.05, 0) is 29.8 Å².